The van der Waals surface area contributed by atoms with Crippen molar-refractivity contribution in [2.75, 3.05) is 0 Å². The molecule has 1 atom stereocenters. The Hall–Kier alpha value is -3.41. The molecule has 0 aromatic heterocycles. The summed E-state index contributed by atoms with van der Waals surface area (Å²) in [6.07, 6.45) is 0.427. The third-order valence-electron chi connectivity index (χ3n) is 4.57. The first-order valence-corrected chi connectivity index (χ1v) is 9.12. The van der Waals surface area contributed by atoms with Crippen LogP contribution in [0.15, 0.2) is 71.9 Å². The summed E-state index contributed by atoms with van der Waals surface area (Å²) < 4.78 is 5.53. The average molecular weight is 378 g/mol. The number of nitrogens with one attached hydrogen (secondary N) is 1. The summed E-state index contributed by atoms with van der Waals surface area (Å²) in [4.78, 5) is 38.9. The molecule has 6 nitrogen and oxygen atoms in total. The third kappa shape index (κ3) is 3.96. The predicted molar refractivity (Wildman–Crippen MR) is 104 cm³/mol. The van der Waals surface area contributed by atoms with Crippen LogP contribution >= 0.6 is 0 Å². The fraction of sp³-hybridized carbons (Fsp3) is 0.227. The minimum absolute atomic E-state index is 0.107. The van der Waals surface area contributed by atoms with E-state index in [4.69, 9.17) is 4.74 Å². The van der Waals surface area contributed by atoms with Gasteiger partial charge in [-0.1, -0.05) is 67.6 Å². The number of ether oxygens (including phenoxy) is 1. The molecule has 0 saturated heterocycles. The molecule has 2 aromatic rings. The molecule has 0 aliphatic carbocycles. The number of urea groups is 1. The van der Waals surface area contributed by atoms with Gasteiger partial charge in [-0.2, -0.15) is 0 Å². The number of carbonyl (C=O) groups excluding carboxylic acids is 3. The SMILES string of the molecule is CCC1=C(C(=O)OCc2ccccc2)C(c2ccccc2)N(C(C)=O)C(=O)N1. The molecule has 0 saturated carbocycles. The number of nitrogens with zero attached hydrogens (tertiary/aromatic N) is 1. The number of hydrogen-bond acceptors (Lipinski definition) is 4. The number of imide groups is 1. The summed E-state index contributed by atoms with van der Waals surface area (Å²) in [6.45, 7) is 3.25. The van der Waals surface area contributed by atoms with Gasteiger partial charge in [0.25, 0.3) is 0 Å². The smallest absolute Gasteiger partial charge is 0.338 e. The topological polar surface area (TPSA) is 75.7 Å². The fourth-order valence-corrected chi connectivity index (χ4v) is 3.26. The molecule has 28 heavy (non-hydrogen) atoms. The Kier molecular flexibility index (Phi) is 5.89. The maximum atomic E-state index is 13.0. The number of carbonyl (C=O) groups is 3. The molecule has 3 amide bonds. The second-order valence-electron chi connectivity index (χ2n) is 6.44. The van der Waals surface area contributed by atoms with Gasteiger partial charge in [-0.05, 0) is 17.5 Å². The second kappa shape index (κ2) is 8.52. The third-order valence-corrected chi connectivity index (χ3v) is 4.57. The van der Waals surface area contributed by atoms with Gasteiger partial charge in [0.1, 0.15) is 12.6 Å². The zero-order chi connectivity index (χ0) is 20.1. The second-order valence-corrected chi connectivity index (χ2v) is 6.44. The highest BCUT2D eigenvalue weighted by Crippen LogP contribution is 2.35. The molecule has 6 heteroatoms. The Bertz CT molecular complexity index is 907. The van der Waals surface area contributed by atoms with Crippen molar-refractivity contribution in [1.29, 1.82) is 0 Å². The maximum absolute atomic E-state index is 13.0. The average Bonchev–Trinajstić information content (AvgIpc) is 2.72. The van der Waals surface area contributed by atoms with Crippen LogP contribution in [-0.2, 0) is 20.9 Å². The first-order valence-electron chi connectivity index (χ1n) is 9.12. The van der Waals surface area contributed by atoms with Crippen LogP contribution in [0.4, 0.5) is 4.79 Å². The van der Waals surface area contributed by atoms with Crippen LogP contribution in [-0.4, -0.2) is 22.8 Å². The van der Waals surface area contributed by atoms with Crippen molar-refractivity contribution in [2.24, 2.45) is 0 Å². The van der Waals surface area contributed by atoms with E-state index < -0.39 is 23.9 Å². The molecule has 1 heterocycles. The Labute approximate surface area is 163 Å². The van der Waals surface area contributed by atoms with Gasteiger partial charge >= 0.3 is 12.0 Å². The van der Waals surface area contributed by atoms with Crippen LogP contribution in [0.25, 0.3) is 0 Å². The molecule has 1 N–H and O–H groups in total. The Balaban J connectivity index is 2.00. The lowest BCUT2D eigenvalue weighted by Crippen LogP contribution is -2.50. The van der Waals surface area contributed by atoms with Gasteiger partial charge in [-0.25, -0.2) is 9.59 Å². The van der Waals surface area contributed by atoms with Crippen molar-refractivity contribution >= 4 is 17.9 Å². The summed E-state index contributed by atoms with van der Waals surface area (Å²) in [5, 5.41) is 2.67. The summed E-state index contributed by atoms with van der Waals surface area (Å²) in [5.41, 5.74) is 2.27. The highest BCUT2D eigenvalue weighted by Gasteiger charge is 2.41. The van der Waals surface area contributed by atoms with Gasteiger partial charge in [-0.3, -0.25) is 9.69 Å². The van der Waals surface area contributed by atoms with E-state index in [0.717, 1.165) is 10.5 Å². The largest absolute Gasteiger partial charge is 0.457 e. The highest BCUT2D eigenvalue weighted by atomic mass is 16.5. The summed E-state index contributed by atoms with van der Waals surface area (Å²) >= 11 is 0. The van der Waals surface area contributed by atoms with E-state index in [-0.39, 0.29) is 12.2 Å². The van der Waals surface area contributed by atoms with Gasteiger partial charge < -0.3 is 10.1 Å². The first kappa shape index (κ1) is 19.4. The van der Waals surface area contributed by atoms with Gasteiger partial charge in [-0.15, -0.1) is 0 Å². The normalized spacial score (nSPS) is 16.6. The number of esters is 1. The molecular weight excluding hydrogens is 356 g/mol. The van der Waals surface area contributed by atoms with E-state index in [1.165, 1.54) is 6.92 Å². The maximum Gasteiger partial charge on any atom is 0.338 e. The van der Waals surface area contributed by atoms with E-state index >= 15 is 0 Å². The summed E-state index contributed by atoms with van der Waals surface area (Å²) in [5.74, 6) is -1.00. The highest BCUT2D eigenvalue weighted by molar-refractivity contribution is 6.01. The van der Waals surface area contributed by atoms with Gasteiger partial charge in [0.05, 0.1) is 5.57 Å². The number of allylic oxidation sites excluding steroid dienone is 1. The first-order chi connectivity index (χ1) is 13.5. The quantitative estimate of drug-likeness (QED) is 0.805. The molecule has 0 fully saturated rings. The van der Waals surface area contributed by atoms with Crippen molar-refractivity contribution in [2.45, 2.75) is 32.9 Å². The predicted octanol–water partition coefficient (Wildman–Crippen LogP) is 3.71. The number of hydrogen-bond donors (Lipinski definition) is 1. The fourth-order valence-electron chi connectivity index (χ4n) is 3.26. The van der Waals surface area contributed by atoms with E-state index in [0.29, 0.717) is 17.7 Å². The van der Waals surface area contributed by atoms with Crippen molar-refractivity contribution in [3.63, 3.8) is 0 Å². The lowest BCUT2D eigenvalue weighted by Gasteiger charge is -2.36. The van der Waals surface area contributed by atoms with Crippen LogP contribution in [0.3, 0.4) is 0 Å². The summed E-state index contributed by atoms with van der Waals surface area (Å²) in [6, 6.07) is 17.0. The number of rotatable bonds is 5. The minimum atomic E-state index is -0.828. The molecule has 2 aromatic carbocycles. The lowest BCUT2D eigenvalue weighted by molar-refractivity contribution is -0.141. The molecule has 1 aliphatic heterocycles. The Morgan fingerprint density at radius 1 is 1.04 bits per heavy atom. The summed E-state index contributed by atoms with van der Waals surface area (Å²) in [7, 11) is 0. The molecule has 3 rings (SSSR count). The number of amides is 3. The molecule has 1 aliphatic rings. The van der Waals surface area contributed by atoms with Crippen molar-refractivity contribution in [3.05, 3.63) is 83.1 Å². The molecule has 0 bridgehead atoms. The zero-order valence-corrected chi connectivity index (χ0v) is 15.8. The van der Waals surface area contributed by atoms with E-state index in [9.17, 15) is 14.4 Å². The van der Waals surface area contributed by atoms with Crippen molar-refractivity contribution in [3.8, 4) is 0 Å². The van der Waals surface area contributed by atoms with Crippen LogP contribution in [0, 0.1) is 0 Å². The van der Waals surface area contributed by atoms with Crippen molar-refractivity contribution < 1.29 is 19.1 Å². The zero-order valence-electron chi connectivity index (χ0n) is 15.8. The van der Waals surface area contributed by atoms with E-state index in [2.05, 4.69) is 5.32 Å². The number of benzene rings is 2. The van der Waals surface area contributed by atoms with Crippen LogP contribution in [0.1, 0.15) is 37.4 Å². The van der Waals surface area contributed by atoms with Crippen LogP contribution in [0.2, 0.25) is 0 Å². The van der Waals surface area contributed by atoms with Crippen LogP contribution in [0.5, 0.6) is 0 Å². The minimum Gasteiger partial charge on any atom is -0.457 e. The molecular formula is C22H22N2O4. The molecule has 0 radical (unpaired) electrons. The Morgan fingerprint density at radius 3 is 2.21 bits per heavy atom. The van der Waals surface area contributed by atoms with Gasteiger partial charge in [0.15, 0.2) is 0 Å². The van der Waals surface area contributed by atoms with E-state index in [1.54, 1.807) is 24.3 Å². The molecule has 144 valence electrons. The molecule has 1 unspecified atom stereocenters. The standard InChI is InChI=1S/C22H22N2O4/c1-3-18-19(21(26)28-14-16-10-6-4-7-11-16)20(17-12-8-5-9-13-17)24(15(2)25)22(27)23-18/h4-13,20H,3,14H2,1-2H3,(H,23,27). The van der Waals surface area contributed by atoms with Crippen LogP contribution < -0.4 is 5.32 Å². The monoisotopic (exact) mass is 378 g/mol. The van der Waals surface area contributed by atoms with Crippen molar-refractivity contribution in [1.82, 2.24) is 10.2 Å². The lowest BCUT2D eigenvalue weighted by atomic mass is 9.92. The van der Waals surface area contributed by atoms with Gasteiger partial charge in [0.2, 0.25) is 5.91 Å². The van der Waals surface area contributed by atoms with Gasteiger partial charge in [0, 0.05) is 12.6 Å². The van der Waals surface area contributed by atoms with E-state index in [1.807, 2.05) is 43.3 Å². The Morgan fingerprint density at radius 2 is 1.64 bits per heavy atom. The molecule has 0 spiro atoms.